The molecule has 23 heteroatoms. The van der Waals surface area contributed by atoms with Crippen LogP contribution in [-0.4, -0.2) is 94.2 Å². The molecule has 4 aromatic heterocycles. The number of halogens is 8. The summed E-state index contributed by atoms with van der Waals surface area (Å²) in [5.41, 5.74) is 17.2. The number of aromatic nitrogens is 4. The van der Waals surface area contributed by atoms with E-state index in [2.05, 4.69) is 265 Å². The second-order valence-electron chi connectivity index (χ2n) is 36.5. The molecular weight excluding hydrogens is 1980 g/mol. The number of hydrogen-bond donors (Lipinski definition) is 5. The minimum Gasteiger partial charge on any atom is -0.455 e. The first-order valence-electron chi connectivity index (χ1n) is 49.2. The number of hydrogen-bond acceptors (Lipinski definition) is 13. The molecule has 4 saturated heterocycles. The summed E-state index contributed by atoms with van der Waals surface area (Å²) in [6.45, 7) is 17.4. The summed E-state index contributed by atoms with van der Waals surface area (Å²) in [6, 6.07) is 129. The van der Waals surface area contributed by atoms with Crippen molar-refractivity contribution >= 4 is 207 Å². The van der Waals surface area contributed by atoms with Crippen LogP contribution in [-0.2, 0) is 31.6 Å². The maximum absolute atomic E-state index is 7.26. The molecule has 0 amide bonds. The first-order chi connectivity index (χ1) is 70.4. The molecule has 732 valence electrons. The van der Waals surface area contributed by atoms with Crippen LogP contribution < -0.4 is 68.5 Å². The van der Waals surface area contributed by atoms with Crippen molar-refractivity contribution in [1.82, 2.24) is 35.1 Å². The van der Waals surface area contributed by atoms with Crippen LogP contribution in [0.5, 0.6) is 11.5 Å². The summed E-state index contributed by atoms with van der Waals surface area (Å²) in [6.07, 6.45) is 10.9. The Hall–Kier alpha value is -11.3. The topological polar surface area (TPSA) is 145 Å². The normalized spacial score (nSPS) is 14.4. The largest absolute Gasteiger partial charge is 0.455 e. The highest BCUT2D eigenvalue weighted by Gasteiger charge is 2.40. The molecule has 5 aliphatic rings. The van der Waals surface area contributed by atoms with Crippen LogP contribution >= 0.6 is 109 Å². The van der Waals surface area contributed by atoms with E-state index in [0.29, 0.717) is 39.9 Å². The molecule has 23 rings (SSSR count). The fraction of sp³-hybridized carbons (Fsp3) is 0.207. The Bertz CT molecular complexity index is 6850. The van der Waals surface area contributed by atoms with Gasteiger partial charge >= 0.3 is 0 Å². The Morgan fingerprint density at radius 3 is 1.01 bits per heavy atom. The quantitative estimate of drug-likeness (QED) is 0.0387. The van der Waals surface area contributed by atoms with Gasteiger partial charge in [0.1, 0.15) is 34.1 Å². The lowest BCUT2D eigenvalue weighted by molar-refractivity contribution is 0.199. The summed E-state index contributed by atoms with van der Waals surface area (Å²) in [5.74, 6) is 4.49. The molecule has 0 radical (unpaired) electrons. The van der Waals surface area contributed by atoms with E-state index in [1.807, 2.05) is 170 Å². The van der Waals surface area contributed by atoms with E-state index in [0.717, 1.165) is 136 Å². The minimum absolute atomic E-state index is 0.225. The Balaban J connectivity index is 0.000000123. The Morgan fingerprint density at radius 2 is 0.646 bits per heavy atom. The summed E-state index contributed by atoms with van der Waals surface area (Å²) in [4.78, 5) is 26.0. The zero-order valence-electron chi connectivity index (χ0n) is 80.6. The highest BCUT2D eigenvalue weighted by Crippen LogP contribution is 2.53. The van der Waals surface area contributed by atoms with Crippen molar-refractivity contribution in [2.75, 3.05) is 73.2 Å². The SMILES string of the molecule is C1CCN(C2CCNCC2)C1.CC1(C)c2cccc(P(c3ccccc3)c3ccccc3)c2Oc2c(P(c3ccccc3)c3ccccc3)cccc21.Clc1cc(Cl)c2ccccc2n1.Clc1ccc(CNc2cc(Cl)c3ccccc3n2)cc1.Clc1ccc(CNc2cc(Cl)c3ccccc3n2)cc1.Clc1ccc(CNc2cc(N3CCC(N4CCCC4)CC3)c3ccccc3n2)cc1.NCc1ccc(Cl)cc1. The van der Waals surface area contributed by atoms with Gasteiger partial charge in [-0.15, -0.1) is 0 Å². The van der Waals surface area contributed by atoms with Crippen LogP contribution in [0, 0.1) is 0 Å². The van der Waals surface area contributed by atoms with Crippen LogP contribution in [0.25, 0.3) is 43.6 Å². The molecule has 9 heterocycles. The lowest BCUT2D eigenvalue weighted by atomic mass is 9.76. The molecular formula is C121H116Cl8N12OP2. The number of piperidine rings is 2. The molecule has 14 aromatic carbocycles. The van der Waals surface area contributed by atoms with E-state index in [1.165, 1.54) is 150 Å². The van der Waals surface area contributed by atoms with E-state index in [-0.39, 0.29) is 5.41 Å². The summed E-state index contributed by atoms with van der Waals surface area (Å²) in [5, 5.41) is 30.9. The van der Waals surface area contributed by atoms with E-state index in [4.69, 9.17) is 108 Å². The van der Waals surface area contributed by atoms with Gasteiger partial charge in [0.25, 0.3) is 0 Å². The van der Waals surface area contributed by atoms with Crippen molar-refractivity contribution in [3.8, 4) is 11.5 Å². The summed E-state index contributed by atoms with van der Waals surface area (Å²) in [7, 11) is -1.65. The second kappa shape index (κ2) is 51.7. The maximum Gasteiger partial charge on any atom is 0.139 e. The standard InChI is InChI=1S/C39H32OP2.C25H29ClN4.2C16H12Cl2N2.C9H5Cl2N.C9H18N2.C7H8ClN/c1-39(2)33-25-15-27-35(41(29-17-7-3-8-18-29)30-19-9-4-10-20-30)37(33)40-38-34(39)26-16-28-36(38)42(31-21-11-5-12-22-31)32-23-13-6-14-24-32;26-20-9-7-19(8-10-20)18-27-25-17-24(22-5-1-2-6-23(22)28-25)30-15-11-21(12-16-30)29-13-3-4-14-29;2*17-12-7-5-11(6-8-12)10-19-16-9-14(18)13-3-1-2-4-15(13)20-16;10-7-5-9(11)12-8-4-2-1-3-6(7)8;1-2-8-11(7-1)9-3-5-10-6-4-9;8-7-3-1-6(5-9)2-4-7/h3-28H,1-2H3;1-2,5-10,17,21H,3-4,11-16,18H2,(H,27,28);2*1-9H,10H2,(H,19,20);1-5H;9-10H,1-8H2;1-4H,5,9H2. The number of nitrogens with one attached hydrogen (secondary N) is 4. The molecule has 6 N–H and O–H groups in total. The number of anilines is 4. The molecule has 13 nitrogen and oxygen atoms in total. The van der Waals surface area contributed by atoms with Gasteiger partial charge in [0.15, 0.2) is 0 Å². The van der Waals surface area contributed by atoms with Gasteiger partial charge < -0.3 is 46.4 Å². The fourth-order valence-electron chi connectivity index (χ4n) is 18.9. The summed E-state index contributed by atoms with van der Waals surface area (Å²) >= 11 is 47.6. The number of fused-ring (bicyclic) bond motifs is 6. The second-order valence-corrected chi connectivity index (χ2v) is 44.2. The van der Waals surface area contributed by atoms with Crippen molar-refractivity contribution < 1.29 is 4.74 Å². The Kier molecular flexibility index (Phi) is 37.4. The van der Waals surface area contributed by atoms with E-state index < -0.39 is 15.8 Å². The highest BCUT2D eigenvalue weighted by molar-refractivity contribution is 7.80. The van der Waals surface area contributed by atoms with Gasteiger partial charge in [-0.1, -0.05) is 386 Å². The molecule has 0 unspecified atom stereocenters. The molecule has 5 aliphatic heterocycles. The zero-order chi connectivity index (χ0) is 99.5. The van der Waals surface area contributed by atoms with E-state index >= 15 is 0 Å². The lowest BCUT2D eigenvalue weighted by Crippen LogP contribution is -2.43. The number of benzene rings is 14. The van der Waals surface area contributed by atoms with Crippen molar-refractivity contribution in [3.63, 3.8) is 0 Å². The monoisotopic (exact) mass is 2090 g/mol. The number of ether oxygens (including phenoxy) is 1. The Labute approximate surface area is 888 Å². The molecule has 0 atom stereocenters. The highest BCUT2D eigenvalue weighted by atomic mass is 35.5. The number of likely N-dealkylation sites (tertiary alicyclic amines) is 2. The third-order valence-electron chi connectivity index (χ3n) is 26.5. The maximum atomic E-state index is 7.26. The minimum atomic E-state index is -0.824. The third kappa shape index (κ3) is 27.7. The van der Waals surface area contributed by atoms with Crippen LogP contribution in [0.2, 0.25) is 40.3 Å². The van der Waals surface area contributed by atoms with Gasteiger partial charge in [-0.2, -0.15) is 0 Å². The van der Waals surface area contributed by atoms with Crippen molar-refractivity contribution in [2.45, 2.75) is 109 Å². The van der Waals surface area contributed by atoms with Gasteiger partial charge in [0, 0.05) is 132 Å². The fourth-order valence-corrected chi connectivity index (χ4v) is 25.3. The summed E-state index contributed by atoms with van der Waals surface area (Å²) < 4.78 is 7.26. The number of nitrogens with two attached hydrogens (primary N) is 1. The molecule has 144 heavy (non-hydrogen) atoms. The van der Waals surface area contributed by atoms with Gasteiger partial charge in [-0.25, -0.2) is 19.9 Å². The van der Waals surface area contributed by atoms with Gasteiger partial charge in [-0.05, 0) is 241 Å². The Morgan fingerprint density at radius 1 is 0.333 bits per heavy atom. The van der Waals surface area contributed by atoms with Crippen molar-refractivity contribution in [2.24, 2.45) is 5.73 Å². The average molecular weight is 2100 g/mol. The van der Waals surface area contributed by atoms with Gasteiger partial charge in [-0.3, -0.25) is 0 Å². The molecule has 0 aliphatic carbocycles. The van der Waals surface area contributed by atoms with Crippen molar-refractivity contribution in [1.29, 1.82) is 0 Å². The number of pyridine rings is 4. The van der Waals surface area contributed by atoms with Crippen LogP contribution in [0.15, 0.2) is 376 Å². The molecule has 4 fully saturated rings. The number of rotatable bonds is 19. The number of para-hydroxylation sites is 6. The molecule has 0 saturated carbocycles. The first-order valence-corrected chi connectivity index (χ1v) is 54.9. The molecule has 0 spiro atoms. The van der Waals surface area contributed by atoms with Crippen LogP contribution in [0.3, 0.4) is 0 Å². The van der Waals surface area contributed by atoms with Gasteiger partial charge in [0.05, 0.1) is 37.1 Å². The van der Waals surface area contributed by atoms with Crippen LogP contribution in [0.4, 0.5) is 23.1 Å². The van der Waals surface area contributed by atoms with Crippen LogP contribution in [0.1, 0.15) is 98.6 Å². The predicted octanol–water partition coefficient (Wildman–Crippen LogP) is 29.7. The van der Waals surface area contributed by atoms with Gasteiger partial charge in [0.2, 0.25) is 0 Å². The lowest BCUT2D eigenvalue weighted by Gasteiger charge is -2.38. The smallest absolute Gasteiger partial charge is 0.139 e. The van der Waals surface area contributed by atoms with E-state index in [1.54, 1.807) is 6.07 Å². The molecule has 0 bridgehead atoms. The van der Waals surface area contributed by atoms with E-state index in [9.17, 15) is 0 Å². The zero-order valence-corrected chi connectivity index (χ0v) is 88.5. The predicted molar refractivity (Wildman–Crippen MR) is 618 cm³/mol. The molecule has 18 aromatic rings. The first kappa shape index (κ1) is 104. The average Bonchev–Trinajstić information content (AvgIpc) is 0.753. The number of nitrogens with zero attached hydrogens (tertiary/aromatic N) is 7. The third-order valence-corrected chi connectivity index (χ3v) is 33.5. The van der Waals surface area contributed by atoms with Crippen molar-refractivity contribution in [3.05, 3.63) is 450 Å².